The Labute approximate surface area is 186 Å². The van der Waals surface area contributed by atoms with E-state index in [1.165, 1.54) is 10.9 Å². The normalized spacial score (nSPS) is 17.2. The van der Waals surface area contributed by atoms with E-state index in [-0.39, 0.29) is 51.9 Å². The number of hydrogen-bond donors (Lipinski definition) is 0. The van der Waals surface area contributed by atoms with E-state index >= 15 is 0 Å². The molecule has 1 aliphatic heterocycles. The molecule has 1 aliphatic rings. The van der Waals surface area contributed by atoms with Crippen LogP contribution in [0.1, 0.15) is 43.4 Å². The number of halogens is 1. The molecule has 0 N–H and O–H groups in total. The van der Waals surface area contributed by atoms with Gasteiger partial charge in [-0.25, -0.2) is 4.98 Å². The molecule has 0 radical (unpaired) electrons. The number of methoxy groups -OCH3 is 1. The van der Waals surface area contributed by atoms with Crippen LogP contribution >= 0.6 is 11.6 Å². The van der Waals surface area contributed by atoms with E-state index in [4.69, 9.17) is 25.6 Å². The van der Waals surface area contributed by atoms with Gasteiger partial charge < -0.3 is 14.0 Å². The number of benzene rings is 1. The molecule has 3 aromatic heterocycles. The maximum absolute atomic E-state index is 13.7. The molecule has 4 aromatic rings. The Hall–Kier alpha value is -3.26. The van der Waals surface area contributed by atoms with Crippen molar-refractivity contribution >= 4 is 28.2 Å². The van der Waals surface area contributed by atoms with Crippen LogP contribution in [0.25, 0.3) is 28.1 Å². The van der Waals surface area contributed by atoms with Crippen molar-refractivity contribution < 1.29 is 14.0 Å². The van der Waals surface area contributed by atoms with Crippen LogP contribution in [0.4, 0.5) is 0 Å². The molecule has 1 saturated heterocycles. The molecule has 1 aromatic carbocycles. The van der Waals surface area contributed by atoms with Crippen LogP contribution in [0.15, 0.2) is 27.8 Å². The first-order valence-corrected chi connectivity index (χ1v) is 10.5. The minimum absolute atomic E-state index is 0.204. The highest BCUT2D eigenvalue weighted by Crippen LogP contribution is 2.31. The van der Waals surface area contributed by atoms with Crippen molar-refractivity contribution in [1.82, 2.24) is 24.1 Å². The summed E-state index contributed by atoms with van der Waals surface area (Å²) < 4.78 is 19.4. The van der Waals surface area contributed by atoms with Gasteiger partial charge >= 0.3 is 0 Å². The zero-order valence-electron chi connectivity index (χ0n) is 17.4. The highest BCUT2D eigenvalue weighted by atomic mass is 35.5. The van der Waals surface area contributed by atoms with E-state index in [9.17, 15) is 10.1 Å². The molecule has 2 atom stereocenters. The number of imidazole rings is 1. The molecule has 0 spiro atoms. The van der Waals surface area contributed by atoms with E-state index in [2.05, 4.69) is 21.2 Å². The predicted molar refractivity (Wildman–Crippen MR) is 114 cm³/mol. The third-order valence-corrected chi connectivity index (χ3v) is 5.93. The van der Waals surface area contributed by atoms with Crippen LogP contribution in [-0.4, -0.2) is 44.4 Å². The van der Waals surface area contributed by atoms with Crippen molar-refractivity contribution in [2.24, 2.45) is 0 Å². The fourth-order valence-electron chi connectivity index (χ4n) is 4.19. The summed E-state index contributed by atoms with van der Waals surface area (Å²) in [5.41, 5.74) is 1.42. The molecule has 0 aliphatic carbocycles. The second-order valence-electron chi connectivity index (χ2n) is 7.65. The van der Waals surface area contributed by atoms with E-state index < -0.39 is 0 Å². The summed E-state index contributed by atoms with van der Waals surface area (Å²) in [5.74, 6) is 0.570. The summed E-state index contributed by atoms with van der Waals surface area (Å²) in [6.45, 7) is 2.74. The topological polar surface area (TPSA) is 120 Å². The van der Waals surface area contributed by atoms with Gasteiger partial charge in [0.2, 0.25) is 5.82 Å². The lowest BCUT2D eigenvalue weighted by atomic mass is 10.1. The van der Waals surface area contributed by atoms with Crippen LogP contribution < -0.4 is 5.56 Å². The second kappa shape index (κ2) is 8.02. The van der Waals surface area contributed by atoms with Crippen molar-refractivity contribution in [3.05, 3.63) is 45.3 Å². The zero-order valence-corrected chi connectivity index (χ0v) is 18.2. The predicted octanol–water partition coefficient (Wildman–Crippen LogP) is 3.28. The van der Waals surface area contributed by atoms with Gasteiger partial charge in [0.25, 0.3) is 11.4 Å². The number of ether oxygens (including phenoxy) is 2. The van der Waals surface area contributed by atoms with Gasteiger partial charge in [-0.05, 0) is 31.9 Å². The Morgan fingerprint density at radius 1 is 1.41 bits per heavy atom. The van der Waals surface area contributed by atoms with E-state index in [1.54, 1.807) is 23.6 Å². The maximum atomic E-state index is 13.7. The zero-order chi connectivity index (χ0) is 22.4. The number of rotatable bonds is 5. The number of nitriles is 1. The fraction of sp³-hybridized carbons (Fsp3) is 0.381. The molecular formula is C21H19ClN6O4. The van der Waals surface area contributed by atoms with Crippen LogP contribution in [0.3, 0.4) is 0 Å². The minimum Gasteiger partial charge on any atom is -0.383 e. The van der Waals surface area contributed by atoms with Crippen LogP contribution in [-0.2, 0) is 9.47 Å². The van der Waals surface area contributed by atoms with Crippen LogP contribution in [0, 0.1) is 11.3 Å². The number of fused-ring (bicyclic) bond motifs is 3. The van der Waals surface area contributed by atoms with Gasteiger partial charge in [0.1, 0.15) is 29.7 Å². The van der Waals surface area contributed by atoms with Gasteiger partial charge in [-0.2, -0.15) is 10.2 Å². The maximum Gasteiger partial charge on any atom is 0.278 e. The van der Waals surface area contributed by atoms with Gasteiger partial charge in [0, 0.05) is 13.7 Å². The number of nitrogens with zero attached hydrogens (tertiary/aromatic N) is 6. The van der Waals surface area contributed by atoms with Crippen molar-refractivity contribution in [3.8, 4) is 17.6 Å². The Morgan fingerprint density at radius 3 is 2.97 bits per heavy atom. The Bertz CT molecular complexity index is 1430. The first kappa shape index (κ1) is 20.6. The lowest BCUT2D eigenvalue weighted by Crippen LogP contribution is -2.28. The van der Waals surface area contributed by atoms with Gasteiger partial charge in [0.15, 0.2) is 0 Å². The highest BCUT2D eigenvalue weighted by molar-refractivity contribution is 6.32. The summed E-state index contributed by atoms with van der Waals surface area (Å²) in [7, 11) is 1.55. The first-order valence-electron chi connectivity index (χ1n) is 10.1. The second-order valence-corrected chi connectivity index (χ2v) is 8.06. The van der Waals surface area contributed by atoms with Gasteiger partial charge in [-0.3, -0.25) is 13.8 Å². The summed E-state index contributed by atoms with van der Waals surface area (Å²) >= 11 is 6.29. The lowest BCUT2D eigenvalue weighted by molar-refractivity contribution is 0.0835. The Morgan fingerprint density at radius 2 is 2.25 bits per heavy atom. The van der Waals surface area contributed by atoms with Crippen LogP contribution in [0.2, 0.25) is 5.02 Å². The van der Waals surface area contributed by atoms with E-state index in [1.807, 2.05) is 6.92 Å². The number of hydrogen-bond acceptors (Lipinski definition) is 8. The summed E-state index contributed by atoms with van der Waals surface area (Å²) in [6.07, 6.45) is 2.99. The van der Waals surface area contributed by atoms with Gasteiger partial charge in [0.05, 0.1) is 34.3 Å². The quantitative estimate of drug-likeness (QED) is 0.450. The molecule has 1 fully saturated rings. The smallest absolute Gasteiger partial charge is 0.278 e. The molecular weight excluding hydrogens is 436 g/mol. The molecule has 5 rings (SSSR count). The third-order valence-electron chi connectivity index (χ3n) is 5.61. The highest BCUT2D eigenvalue weighted by Gasteiger charge is 2.27. The van der Waals surface area contributed by atoms with Gasteiger partial charge in [-0.1, -0.05) is 16.8 Å². The lowest BCUT2D eigenvalue weighted by Gasteiger charge is -2.19. The Kier molecular flexibility index (Phi) is 5.17. The summed E-state index contributed by atoms with van der Waals surface area (Å²) in [6, 6.07) is 5.12. The molecule has 0 bridgehead atoms. The molecule has 0 amide bonds. The molecule has 0 saturated carbocycles. The largest absolute Gasteiger partial charge is 0.383 e. The average Bonchev–Trinajstić information content (AvgIpc) is 3.53. The van der Waals surface area contributed by atoms with Crippen molar-refractivity contribution in [3.63, 3.8) is 0 Å². The van der Waals surface area contributed by atoms with Crippen LogP contribution in [0.5, 0.6) is 0 Å². The standard InChI is InChI=1S/C21H19ClN6O4/c1-11(9-30-2)28-17-12(8-23)13(22)5-6-14(17)27-10-24-16(18(27)21(28)29)19-25-20(32-26-19)15-4-3-7-31-15/h5-6,10-11,15H,3-4,7,9H2,1-2H3. The molecule has 4 heterocycles. The SMILES string of the molecule is COCC(C)n1c(=O)c2c(-c3noc(C4CCCO4)n3)ncn2c2ccc(Cl)c(C#N)c21. The van der Waals surface area contributed by atoms with E-state index in [0.717, 1.165) is 12.8 Å². The monoisotopic (exact) mass is 454 g/mol. The van der Waals surface area contributed by atoms with Crippen molar-refractivity contribution in [2.45, 2.75) is 31.9 Å². The molecule has 164 valence electrons. The average molecular weight is 455 g/mol. The fourth-order valence-corrected chi connectivity index (χ4v) is 4.38. The first-order chi connectivity index (χ1) is 15.5. The Balaban J connectivity index is 1.80. The third kappa shape index (κ3) is 3.09. The van der Waals surface area contributed by atoms with E-state index in [0.29, 0.717) is 23.5 Å². The minimum atomic E-state index is -0.374. The molecule has 11 heteroatoms. The summed E-state index contributed by atoms with van der Waals surface area (Å²) in [5, 5.41) is 14.1. The van der Waals surface area contributed by atoms with Gasteiger partial charge in [-0.15, -0.1) is 0 Å². The molecule has 2 unspecified atom stereocenters. The summed E-state index contributed by atoms with van der Waals surface area (Å²) in [4.78, 5) is 22.6. The molecule has 10 nitrogen and oxygen atoms in total. The molecule has 32 heavy (non-hydrogen) atoms. The van der Waals surface area contributed by atoms with Crippen molar-refractivity contribution in [1.29, 1.82) is 5.26 Å². The number of aromatic nitrogens is 5. The van der Waals surface area contributed by atoms with Crippen molar-refractivity contribution in [2.75, 3.05) is 20.3 Å².